The maximum absolute atomic E-state index is 13.5. The van der Waals surface area contributed by atoms with Gasteiger partial charge in [0.1, 0.15) is 10.5 Å². The van der Waals surface area contributed by atoms with E-state index in [9.17, 15) is 4.79 Å². The van der Waals surface area contributed by atoms with E-state index < -0.39 is 0 Å². The Balaban J connectivity index is 1.49. The molecule has 5 rings (SSSR count). The summed E-state index contributed by atoms with van der Waals surface area (Å²) in [6, 6.07) is 15.4. The van der Waals surface area contributed by atoms with Crippen molar-refractivity contribution in [2.45, 2.75) is 13.1 Å². The fourth-order valence-corrected chi connectivity index (χ4v) is 4.62. The molecule has 1 amide bonds. The number of aromatic nitrogens is 4. The van der Waals surface area contributed by atoms with Gasteiger partial charge in [0.05, 0.1) is 16.6 Å². The van der Waals surface area contributed by atoms with Crippen molar-refractivity contribution in [2.75, 3.05) is 0 Å². The summed E-state index contributed by atoms with van der Waals surface area (Å²) in [7, 11) is 1.87. The van der Waals surface area contributed by atoms with Gasteiger partial charge in [-0.1, -0.05) is 29.8 Å². The molecule has 1 aromatic carbocycles. The molecular weight excluding hydrogens is 418 g/mol. The first-order chi connectivity index (χ1) is 14.6. The molecule has 0 fully saturated rings. The molecule has 0 aliphatic carbocycles. The highest BCUT2D eigenvalue weighted by molar-refractivity contribution is 7.20. The van der Waals surface area contributed by atoms with Gasteiger partial charge in [0.2, 0.25) is 0 Å². The smallest absolute Gasteiger partial charge is 0.264 e. The molecule has 0 bridgehead atoms. The molecule has 0 atom stereocenters. The molecule has 5 aromatic rings. The molecule has 0 N–H and O–H groups in total. The first kappa shape index (κ1) is 18.8. The van der Waals surface area contributed by atoms with Crippen LogP contribution in [-0.4, -0.2) is 30.0 Å². The number of benzene rings is 1. The fourth-order valence-electron chi connectivity index (χ4n) is 3.50. The topological polar surface area (TPSA) is 55.4 Å². The molecular formula is C22H18ClN5OS. The third-order valence-corrected chi connectivity index (χ3v) is 6.18. The first-order valence-corrected chi connectivity index (χ1v) is 10.6. The quantitative estimate of drug-likeness (QED) is 0.399. The Morgan fingerprint density at radius 1 is 1.13 bits per heavy atom. The van der Waals surface area contributed by atoms with Gasteiger partial charge in [-0.3, -0.25) is 13.9 Å². The number of carbonyl (C=O) groups is 1. The summed E-state index contributed by atoms with van der Waals surface area (Å²) in [6.07, 6.45) is 5.68. The Bertz CT molecular complexity index is 1350. The van der Waals surface area contributed by atoms with Crippen molar-refractivity contribution in [3.63, 3.8) is 0 Å². The summed E-state index contributed by atoms with van der Waals surface area (Å²) in [4.78, 5) is 21.5. The van der Waals surface area contributed by atoms with Crippen molar-refractivity contribution >= 4 is 44.8 Å². The minimum Gasteiger partial charge on any atom is -0.329 e. The number of hydrogen-bond donors (Lipinski definition) is 0. The van der Waals surface area contributed by atoms with E-state index in [4.69, 9.17) is 11.6 Å². The lowest BCUT2D eigenvalue weighted by molar-refractivity contribution is 0.0735. The van der Waals surface area contributed by atoms with Crippen LogP contribution in [0.5, 0.6) is 0 Å². The number of pyridine rings is 1. The third-order valence-electron chi connectivity index (χ3n) is 4.92. The SMILES string of the molecule is Cn1cc(CN(Cc2ccc(Cl)cc2)C(=O)c2cc3c(nc4ccccn43)s2)cn1. The summed E-state index contributed by atoms with van der Waals surface area (Å²) >= 11 is 7.44. The predicted octanol–water partition coefficient (Wildman–Crippen LogP) is 4.78. The average molecular weight is 436 g/mol. The van der Waals surface area contributed by atoms with Crippen LogP contribution in [0.15, 0.2) is 67.1 Å². The molecule has 0 spiro atoms. The zero-order valence-corrected chi connectivity index (χ0v) is 17.8. The van der Waals surface area contributed by atoms with Gasteiger partial charge in [-0.2, -0.15) is 5.10 Å². The van der Waals surface area contributed by atoms with Crippen LogP contribution in [0, 0.1) is 0 Å². The second-order valence-electron chi connectivity index (χ2n) is 7.15. The summed E-state index contributed by atoms with van der Waals surface area (Å²) in [5, 5.41) is 4.91. The molecule has 150 valence electrons. The molecule has 0 aliphatic heterocycles. The van der Waals surface area contributed by atoms with Crippen LogP contribution in [-0.2, 0) is 20.1 Å². The normalized spacial score (nSPS) is 11.4. The molecule has 0 radical (unpaired) electrons. The Kier molecular flexibility index (Phi) is 4.77. The van der Waals surface area contributed by atoms with Crippen molar-refractivity contribution in [2.24, 2.45) is 7.05 Å². The Hall–Kier alpha value is -3.16. The van der Waals surface area contributed by atoms with Crippen molar-refractivity contribution in [3.8, 4) is 0 Å². The van der Waals surface area contributed by atoms with Gasteiger partial charge in [0, 0.05) is 43.1 Å². The molecule has 0 unspecified atom stereocenters. The van der Waals surface area contributed by atoms with E-state index in [1.807, 2.05) is 77.3 Å². The molecule has 4 heterocycles. The molecule has 0 saturated heterocycles. The van der Waals surface area contributed by atoms with Crippen molar-refractivity contribution in [1.29, 1.82) is 0 Å². The molecule has 30 heavy (non-hydrogen) atoms. The minimum absolute atomic E-state index is 0.0264. The highest BCUT2D eigenvalue weighted by atomic mass is 35.5. The maximum atomic E-state index is 13.5. The zero-order chi connectivity index (χ0) is 20.7. The van der Waals surface area contributed by atoms with Gasteiger partial charge in [-0.25, -0.2) is 4.98 Å². The van der Waals surface area contributed by atoms with Gasteiger partial charge >= 0.3 is 0 Å². The lowest BCUT2D eigenvalue weighted by Crippen LogP contribution is -2.29. The number of hydrogen-bond acceptors (Lipinski definition) is 4. The summed E-state index contributed by atoms with van der Waals surface area (Å²) in [5.41, 5.74) is 3.83. The Labute approximate surface area is 181 Å². The standard InChI is InChI=1S/C22H18ClN5OS/c1-26-12-16(11-24-26)14-27(13-15-5-7-17(23)8-6-15)22(29)19-10-18-21(30-19)25-20-4-2-3-9-28(18)20/h2-12H,13-14H2,1H3. The van der Waals surface area contributed by atoms with Gasteiger partial charge < -0.3 is 4.90 Å². The number of rotatable bonds is 5. The highest BCUT2D eigenvalue weighted by Gasteiger charge is 2.21. The molecule has 0 aliphatic rings. The van der Waals surface area contributed by atoms with E-state index in [1.165, 1.54) is 11.3 Å². The van der Waals surface area contributed by atoms with E-state index in [2.05, 4.69) is 10.1 Å². The second kappa shape index (κ2) is 7.59. The number of halogens is 1. The van der Waals surface area contributed by atoms with Crippen molar-refractivity contribution in [1.82, 2.24) is 24.1 Å². The summed E-state index contributed by atoms with van der Waals surface area (Å²) < 4.78 is 3.75. The lowest BCUT2D eigenvalue weighted by Gasteiger charge is -2.21. The number of aryl methyl sites for hydroxylation is 1. The van der Waals surface area contributed by atoms with Crippen LogP contribution in [0.2, 0.25) is 5.02 Å². The first-order valence-electron chi connectivity index (χ1n) is 9.45. The fraction of sp³-hybridized carbons (Fsp3) is 0.136. The molecule has 8 heteroatoms. The van der Waals surface area contributed by atoms with Crippen LogP contribution in [0.1, 0.15) is 20.8 Å². The van der Waals surface area contributed by atoms with Crippen LogP contribution >= 0.6 is 22.9 Å². The number of carbonyl (C=O) groups excluding carboxylic acids is 1. The van der Waals surface area contributed by atoms with Gasteiger partial charge in [-0.15, -0.1) is 11.3 Å². The van der Waals surface area contributed by atoms with Crippen LogP contribution in [0.25, 0.3) is 16.0 Å². The molecule has 4 aromatic heterocycles. The lowest BCUT2D eigenvalue weighted by atomic mass is 10.2. The van der Waals surface area contributed by atoms with Crippen LogP contribution < -0.4 is 0 Å². The molecule has 0 saturated carbocycles. The number of nitrogens with zero attached hydrogens (tertiary/aromatic N) is 5. The number of imidazole rings is 1. The maximum Gasteiger partial charge on any atom is 0.264 e. The highest BCUT2D eigenvalue weighted by Crippen LogP contribution is 2.28. The number of amides is 1. The van der Waals surface area contributed by atoms with Crippen LogP contribution in [0.3, 0.4) is 0 Å². The zero-order valence-electron chi connectivity index (χ0n) is 16.2. The van der Waals surface area contributed by atoms with Gasteiger partial charge in [0.15, 0.2) is 0 Å². The van der Waals surface area contributed by atoms with Crippen molar-refractivity contribution < 1.29 is 4.79 Å². The minimum atomic E-state index is -0.0264. The van der Waals surface area contributed by atoms with E-state index >= 15 is 0 Å². The number of thiophene rings is 1. The summed E-state index contributed by atoms with van der Waals surface area (Å²) in [5.74, 6) is -0.0264. The van der Waals surface area contributed by atoms with Crippen LogP contribution in [0.4, 0.5) is 0 Å². The third kappa shape index (κ3) is 3.58. The van der Waals surface area contributed by atoms with E-state index in [0.29, 0.717) is 23.0 Å². The largest absolute Gasteiger partial charge is 0.329 e. The second-order valence-corrected chi connectivity index (χ2v) is 8.62. The summed E-state index contributed by atoms with van der Waals surface area (Å²) in [6.45, 7) is 0.951. The van der Waals surface area contributed by atoms with Crippen molar-refractivity contribution in [3.05, 3.63) is 88.1 Å². The number of fused-ring (bicyclic) bond motifs is 3. The monoisotopic (exact) mass is 435 g/mol. The predicted molar refractivity (Wildman–Crippen MR) is 119 cm³/mol. The Morgan fingerprint density at radius 2 is 1.93 bits per heavy atom. The van der Waals surface area contributed by atoms with Gasteiger partial charge in [0.25, 0.3) is 5.91 Å². The average Bonchev–Trinajstić information content (AvgIpc) is 3.43. The molecule has 6 nitrogen and oxygen atoms in total. The van der Waals surface area contributed by atoms with E-state index in [0.717, 1.165) is 27.1 Å². The van der Waals surface area contributed by atoms with E-state index in [1.54, 1.807) is 10.9 Å². The van der Waals surface area contributed by atoms with E-state index in [-0.39, 0.29) is 5.91 Å². The Morgan fingerprint density at radius 3 is 2.70 bits per heavy atom. The van der Waals surface area contributed by atoms with Gasteiger partial charge in [-0.05, 0) is 35.9 Å².